The fourth-order valence-electron chi connectivity index (χ4n) is 6.13. The van der Waals surface area contributed by atoms with E-state index < -0.39 is 0 Å². The second kappa shape index (κ2) is 48.8. The van der Waals surface area contributed by atoms with Crippen molar-refractivity contribution in [3.63, 3.8) is 0 Å². The van der Waals surface area contributed by atoms with Crippen molar-refractivity contribution >= 4 is 0 Å². The van der Waals surface area contributed by atoms with E-state index in [1.54, 1.807) is 0 Å². The van der Waals surface area contributed by atoms with E-state index in [1.165, 1.54) is 218 Å². The van der Waals surface area contributed by atoms with Gasteiger partial charge in [-0.05, 0) is 64.2 Å². The Morgan fingerprint density at radius 3 is 0.609 bits per heavy atom. The SMILES string of the molecule is CCCCCCCCC=CCCCCCCCCCCCCO.CCCCCCCCC=CCCCCCCCCCCCCO. The summed E-state index contributed by atoms with van der Waals surface area (Å²) in [5.41, 5.74) is 0. The molecule has 0 atom stereocenters. The summed E-state index contributed by atoms with van der Waals surface area (Å²) >= 11 is 0. The summed E-state index contributed by atoms with van der Waals surface area (Å²) in [5, 5.41) is 17.4. The van der Waals surface area contributed by atoms with Crippen LogP contribution in [0, 0.1) is 0 Å². The van der Waals surface area contributed by atoms with Crippen LogP contribution >= 0.6 is 0 Å². The van der Waals surface area contributed by atoms with E-state index in [2.05, 4.69) is 38.2 Å². The second-order valence-electron chi connectivity index (χ2n) is 14.2. The van der Waals surface area contributed by atoms with Crippen molar-refractivity contribution in [2.24, 2.45) is 0 Å². The number of rotatable bonds is 38. The molecule has 2 N–H and O–H groups in total. The van der Waals surface area contributed by atoms with Crippen LogP contribution in [0.2, 0.25) is 0 Å². The van der Waals surface area contributed by atoms with E-state index in [0.29, 0.717) is 13.2 Å². The van der Waals surface area contributed by atoms with Gasteiger partial charge in [0.25, 0.3) is 0 Å². The quantitative estimate of drug-likeness (QED) is 0.0516. The number of aliphatic hydroxyl groups is 2. The molecule has 2 nitrogen and oxygen atoms in total. The molecule has 46 heavy (non-hydrogen) atoms. The second-order valence-corrected chi connectivity index (χ2v) is 14.2. The third-order valence-electron chi connectivity index (χ3n) is 9.34. The summed E-state index contributed by atoms with van der Waals surface area (Å²) in [5.74, 6) is 0. The van der Waals surface area contributed by atoms with Gasteiger partial charge >= 0.3 is 0 Å². The zero-order valence-electron chi connectivity index (χ0n) is 32.1. The molecule has 0 saturated carbocycles. The number of aliphatic hydroxyl groups excluding tert-OH is 2. The zero-order chi connectivity index (χ0) is 33.7. The average molecular weight is 649 g/mol. The molecule has 0 aliphatic heterocycles. The molecule has 0 heterocycles. The fourth-order valence-corrected chi connectivity index (χ4v) is 6.13. The van der Waals surface area contributed by atoms with Crippen LogP contribution in [0.4, 0.5) is 0 Å². The molecule has 0 saturated heterocycles. The topological polar surface area (TPSA) is 40.5 Å². The van der Waals surface area contributed by atoms with Crippen LogP contribution in [0.15, 0.2) is 24.3 Å². The number of allylic oxidation sites excluding steroid dienone is 4. The first-order valence-corrected chi connectivity index (χ1v) is 21.3. The molecule has 0 radical (unpaired) electrons. The lowest BCUT2D eigenvalue weighted by atomic mass is 10.1. The lowest BCUT2D eigenvalue weighted by Crippen LogP contribution is -1.84. The van der Waals surface area contributed by atoms with E-state index in [1.807, 2.05) is 0 Å². The largest absolute Gasteiger partial charge is 0.396 e. The first-order chi connectivity index (χ1) is 22.8. The van der Waals surface area contributed by atoms with Gasteiger partial charge in [-0.25, -0.2) is 0 Å². The Balaban J connectivity index is 0. The summed E-state index contributed by atoms with van der Waals surface area (Å²) in [6.07, 6.45) is 58.3. The first-order valence-electron chi connectivity index (χ1n) is 21.3. The van der Waals surface area contributed by atoms with Gasteiger partial charge in [0, 0.05) is 13.2 Å². The number of hydrogen-bond donors (Lipinski definition) is 2. The summed E-state index contributed by atoms with van der Waals surface area (Å²) in [6, 6.07) is 0. The van der Waals surface area contributed by atoms with Gasteiger partial charge in [0.05, 0.1) is 0 Å². The van der Waals surface area contributed by atoms with Crippen molar-refractivity contribution in [1.29, 1.82) is 0 Å². The van der Waals surface area contributed by atoms with Crippen molar-refractivity contribution < 1.29 is 10.2 Å². The van der Waals surface area contributed by atoms with Gasteiger partial charge in [0.15, 0.2) is 0 Å². The molecule has 0 aromatic heterocycles. The van der Waals surface area contributed by atoms with Gasteiger partial charge in [-0.1, -0.05) is 205 Å². The molecule has 0 aliphatic rings. The van der Waals surface area contributed by atoms with Crippen molar-refractivity contribution in [1.82, 2.24) is 0 Å². The van der Waals surface area contributed by atoms with Crippen molar-refractivity contribution in [3.8, 4) is 0 Å². The predicted octanol–water partition coefficient (Wildman–Crippen LogP) is 15.2. The van der Waals surface area contributed by atoms with Gasteiger partial charge in [0.1, 0.15) is 0 Å². The molecule has 0 unspecified atom stereocenters. The maximum atomic E-state index is 8.71. The van der Waals surface area contributed by atoms with E-state index in [0.717, 1.165) is 12.8 Å². The molecule has 2 heteroatoms. The minimum absolute atomic E-state index is 0.368. The predicted molar refractivity (Wildman–Crippen MR) is 210 cm³/mol. The Bertz CT molecular complexity index is 492. The monoisotopic (exact) mass is 649 g/mol. The molecule has 0 aliphatic carbocycles. The Labute approximate surface area is 292 Å². The van der Waals surface area contributed by atoms with E-state index in [9.17, 15) is 0 Å². The van der Waals surface area contributed by atoms with Crippen LogP contribution in [0.5, 0.6) is 0 Å². The van der Waals surface area contributed by atoms with E-state index in [4.69, 9.17) is 10.2 Å². The molecule has 0 spiro atoms. The van der Waals surface area contributed by atoms with Crippen LogP contribution in [0.25, 0.3) is 0 Å². The summed E-state index contributed by atoms with van der Waals surface area (Å²) in [7, 11) is 0. The molecular weight excluding hydrogens is 560 g/mol. The molecule has 0 amide bonds. The molecule has 0 aromatic rings. The van der Waals surface area contributed by atoms with E-state index in [-0.39, 0.29) is 0 Å². The highest BCUT2D eigenvalue weighted by atomic mass is 16.3. The summed E-state index contributed by atoms with van der Waals surface area (Å²) in [4.78, 5) is 0. The van der Waals surface area contributed by atoms with E-state index >= 15 is 0 Å². The lowest BCUT2D eigenvalue weighted by molar-refractivity contribution is 0.282. The third-order valence-corrected chi connectivity index (χ3v) is 9.34. The number of hydrogen-bond acceptors (Lipinski definition) is 2. The smallest absolute Gasteiger partial charge is 0.0431 e. The van der Waals surface area contributed by atoms with Crippen LogP contribution in [0.1, 0.15) is 245 Å². The highest BCUT2D eigenvalue weighted by Gasteiger charge is 1.94. The van der Waals surface area contributed by atoms with Crippen LogP contribution < -0.4 is 0 Å². The van der Waals surface area contributed by atoms with Crippen LogP contribution in [-0.2, 0) is 0 Å². The summed E-state index contributed by atoms with van der Waals surface area (Å²) < 4.78 is 0. The Morgan fingerprint density at radius 2 is 0.413 bits per heavy atom. The molecule has 0 rings (SSSR count). The molecular formula is C44H88O2. The summed E-state index contributed by atoms with van der Waals surface area (Å²) in [6.45, 7) is 5.30. The van der Waals surface area contributed by atoms with Crippen molar-refractivity contribution in [3.05, 3.63) is 24.3 Å². The Hall–Kier alpha value is -0.600. The highest BCUT2D eigenvalue weighted by Crippen LogP contribution is 2.14. The maximum absolute atomic E-state index is 8.71. The molecule has 0 aromatic carbocycles. The average Bonchev–Trinajstić information content (AvgIpc) is 3.07. The number of unbranched alkanes of at least 4 members (excludes halogenated alkanes) is 32. The van der Waals surface area contributed by atoms with Gasteiger partial charge < -0.3 is 10.2 Å². The van der Waals surface area contributed by atoms with Crippen LogP contribution in [-0.4, -0.2) is 23.4 Å². The minimum Gasteiger partial charge on any atom is -0.396 e. The van der Waals surface area contributed by atoms with Gasteiger partial charge in [0.2, 0.25) is 0 Å². The Kier molecular flexibility index (Phi) is 50.4. The minimum atomic E-state index is 0.368. The van der Waals surface area contributed by atoms with Crippen molar-refractivity contribution in [2.75, 3.05) is 13.2 Å². The van der Waals surface area contributed by atoms with Gasteiger partial charge in [-0.15, -0.1) is 0 Å². The fraction of sp³-hybridized carbons (Fsp3) is 0.909. The molecule has 0 fully saturated rings. The van der Waals surface area contributed by atoms with Gasteiger partial charge in [-0.2, -0.15) is 0 Å². The van der Waals surface area contributed by atoms with Crippen molar-refractivity contribution in [2.45, 2.75) is 245 Å². The third kappa shape index (κ3) is 50.3. The van der Waals surface area contributed by atoms with Crippen LogP contribution in [0.3, 0.4) is 0 Å². The lowest BCUT2D eigenvalue weighted by Gasteiger charge is -2.01. The van der Waals surface area contributed by atoms with Gasteiger partial charge in [-0.3, -0.25) is 0 Å². The molecule has 276 valence electrons. The normalized spacial score (nSPS) is 11.6. The maximum Gasteiger partial charge on any atom is 0.0431 e. The molecule has 0 bridgehead atoms. The first kappa shape index (κ1) is 47.5. The zero-order valence-corrected chi connectivity index (χ0v) is 32.1. The highest BCUT2D eigenvalue weighted by molar-refractivity contribution is 4.82. The standard InChI is InChI=1S/2C22H44O/c2*1-2-3-4-5-6-7-8-9-10-11-12-13-14-15-16-17-18-19-20-21-22-23/h2*9-10,23H,2-8,11-22H2,1H3. The Morgan fingerprint density at radius 1 is 0.239 bits per heavy atom.